The van der Waals surface area contributed by atoms with Gasteiger partial charge in [0.05, 0.1) is 12.5 Å². The third-order valence-corrected chi connectivity index (χ3v) is 3.35. The SMILES string of the molecule is CCOC(=O)C(C)CNCC1(CC)CC1. The zero-order valence-corrected chi connectivity index (χ0v) is 10.1. The topological polar surface area (TPSA) is 38.3 Å². The molecule has 0 aromatic carbocycles. The van der Waals surface area contributed by atoms with Crippen LogP contribution in [0.3, 0.4) is 0 Å². The number of esters is 1. The highest BCUT2D eigenvalue weighted by Gasteiger charge is 2.39. The molecule has 1 aliphatic carbocycles. The predicted octanol–water partition coefficient (Wildman–Crippen LogP) is 1.97. The number of carbonyl (C=O) groups excluding carboxylic acids is 1. The number of hydrogen-bond donors (Lipinski definition) is 1. The Morgan fingerprint density at radius 1 is 1.47 bits per heavy atom. The van der Waals surface area contributed by atoms with Crippen LogP contribution in [0.4, 0.5) is 0 Å². The fourth-order valence-electron chi connectivity index (χ4n) is 1.75. The molecule has 0 aliphatic heterocycles. The van der Waals surface area contributed by atoms with E-state index in [2.05, 4.69) is 12.2 Å². The molecule has 1 rings (SSSR count). The summed E-state index contributed by atoms with van der Waals surface area (Å²) in [7, 11) is 0. The summed E-state index contributed by atoms with van der Waals surface area (Å²) in [5, 5.41) is 3.38. The monoisotopic (exact) mass is 213 g/mol. The first-order valence-electron chi connectivity index (χ1n) is 6.01. The molecule has 1 fully saturated rings. The standard InChI is InChI=1S/C12H23NO2/c1-4-12(6-7-12)9-13-8-10(3)11(14)15-5-2/h10,13H,4-9H2,1-3H3. The molecule has 0 bridgehead atoms. The molecular weight excluding hydrogens is 190 g/mol. The molecule has 1 N–H and O–H groups in total. The third kappa shape index (κ3) is 3.82. The van der Waals surface area contributed by atoms with Gasteiger partial charge in [0.1, 0.15) is 0 Å². The van der Waals surface area contributed by atoms with Gasteiger partial charge in [-0.05, 0) is 31.6 Å². The predicted molar refractivity (Wildman–Crippen MR) is 60.6 cm³/mol. The molecule has 0 radical (unpaired) electrons. The molecule has 0 amide bonds. The van der Waals surface area contributed by atoms with Crippen molar-refractivity contribution >= 4 is 5.97 Å². The summed E-state index contributed by atoms with van der Waals surface area (Å²) >= 11 is 0. The minimum Gasteiger partial charge on any atom is -0.466 e. The lowest BCUT2D eigenvalue weighted by Gasteiger charge is -2.16. The molecule has 88 valence electrons. The van der Waals surface area contributed by atoms with E-state index in [1.807, 2.05) is 13.8 Å². The van der Waals surface area contributed by atoms with Crippen LogP contribution in [-0.4, -0.2) is 25.7 Å². The Morgan fingerprint density at radius 2 is 2.13 bits per heavy atom. The quantitative estimate of drug-likeness (QED) is 0.657. The van der Waals surface area contributed by atoms with Crippen molar-refractivity contribution in [2.24, 2.45) is 11.3 Å². The molecule has 0 spiro atoms. The second-order valence-corrected chi connectivity index (χ2v) is 4.64. The van der Waals surface area contributed by atoms with Gasteiger partial charge in [0.15, 0.2) is 0 Å². The normalized spacial score (nSPS) is 19.7. The van der Waals surface area contributed by atoms with Crippen LogP contribution >= 0.6 is 0 Å². The summed E-state index contributed by atoms with van der Waals surface area (Å²) in [6.45, 7) is 8.25. The highest BCUT2D eigenvalue weighted by atomic mass is 16.5. The van der Waals surface area contributed by atoms with Gasteiger partial charge in [0.2, 0.25) is 0 Å². The average molecular weight is 213 g/mol. The maximum atomic E-state index is 11.3. The van der Waals surface area contributed by atoms with Crippen LogP contribution in [0.5, 0.6) is 0 Å². The van der Waals surface area contributed by atoms with E-state index >= 15 is 0 Å². The van der Waals surface area contributed by atoms with E-state index in [1.54, 1.807) is 0 Å². The van der Waals surface area contributed by atoms with Crippen molar-refractivity contribution in [2.45, 2.75) is 40.0 Å². The number of rotatable bonds is 7. The van der Waals surface area contributed by atoms with Crippen molar-refractivity contribution in [1.29, 1.82) is 0 Å². The molecule has 1 saturated carbocycles. The first-order valence-corrected chi connectivity index (χ1v) is 6.01. The van der Waals surface area contributed by atoms with Gasteiger partial charge in [-0.2, -0.15) is 0 Å². The number of carbonyl (C=O) groups is 1. The summed E-state index contributed by atoms with van der Waals surface area (Å²) < 4.78 is 4.95. The molecule has 0 saturated heterocycles. The van der Waals surface area contributed by atoms with Gasteiger partial charge in [-0.25, -0.2) is 0 Å². The Balaban J connectivity index is 2.11. The van der Waals surface area contributed by atoms with Crippen molar-refractivity contribution in [2.75, 3.05) is 19.7 Å². The minimum atomic E-state index is -0.0913. The fourth-order valence-corrected chi connectivity index (χ4v) is 1.75. The van der Waals surface area contributed by atoms with E-state index in [4.69, 9.17) is 4.74 Å². The Morgan fingerprint density at radius 3 is 2.60 bits per heavy atom. The minimum absolute atomic E-state index is 0.0300. The van der Waals surface area contributed by atoms with Crippen LogP contribution in [0.15, 0.2) is 0 Å². The average Bonchev–Trinajstić information content (AvgIpc) is 2.99. The summed E-state index contributed by atoms with van der Waals surface area (Å²) in [5.41, 5.74) is 0.550. The maximum Gasteiger partial charge on any atom is 0.309 e. The fraction of sp³-hybridized carbons (Fsp3) is 0.917. The number of ether oxygens (including phenoxy) is 1. The van der Waals surface area contributed by atoms with Gasteiger partial charge >= 0.3 is 5.97 Å². The molecular formula is C12H23NO2. The summed E-state index contributed by atoms with van der Waals surface area (Å²) in [4.78, 5) is 11.3. The van der Waals surface area contributed by atoms with E-state index in [0.29, 0.717) is 12.0 Å². The van der Waals surface area contributed by atoms with Crippen LogP contribution in [0.1, 0.15) is 40.0 Å². The first-order chi connectivity index (χ1) is 7.13. The van der Waals surface area contributed by atoms with Gasteiger partial charge in [-0.3, -0.25) is 4.79 Å². The zero-order chi connectivity index (χ0) is 11.3. The van der Waals surface area contributed by atoms with Gasteiger partial charge in [0, 0.05) is 13.1 Å². The maximum absolute atomic E-state index is 11.3. The second-order valence-electron chi connectivity index (χ2n) is 4.64. The van der Waals surface area contributed by atoms with Crippen molar-refractivity contribution in [1.82, 2.24) is 5.32 Å². The second kappa shape index (κ2) is 5.50. The van der Waals surface area contributed by atoms with Crippen molar-refractivity contribution < 1.29 is 9.53 Å². The highest BCUT2D eigenvalue weighted by molar-refractivity contribution is 5.72. The Bertz CT molecular complexity index is 212. The summed E-state index contributed by atoms with van der Waals surface area (Å²) in [6, 6.07) is 0. The van der Waals surface area contributed by atoms with Crippen LogP contribution in [0.25, 0.3) is 0 Å². The lowest BCUT2D eigenvalue weighted by Crippen LogP contribution is -2.31. The van der Waals surface area contributed by atoms with Gasteiger partial charge in [-0.1, -0.05) is 13.8 Å². The van der Waals surface area contributed by atoms with Crippen molar-refractivity contribution in [3.8, 4) is 0 Å². The Kier molecular flexibility index (Phi) is 4.58. The van der Waals surface area contributed by atoms with Crippen molar-refractivity contribution in [3.63, 3.8) is 0 Å². The summed E-state index contributed by atoms with van der Waals surface area (Å²) in [5.74, 6) is -0.121. The first kappa shape index (κ1) is 12.5. The highest BCUT2D eigenvalue weighted by Crippen LogP contribution is 2.47. The lowest BCUT2D eigenvalue weighted by molar-refractivity contribution is -0.147. The number of nitrogens with one attached hydrogen (secondary N) is 1. The van der Waals surface area contributed by atoms with E-state index in [0.717, 1.165) is 13.1 Å². The zero-order valence-electron chi connectivity index (χ0n) is 10.1. The molecule has 3 nitrogen and oxygen atoms in total. The van der Waals surface area contributed by atoms with E-state index in [9.17, 15) is 4.79 Å². The van der Waals surface area contributed by atoms with Crippen LogP contribution in [0.2, 0.25) is 0 Å². The smallest absolute Gasteiger partial charge is 0.309 e. The molecule has 3 heteroatoms. The van der Waals surface area contributed by atoms with Gasteiger partial charge in [-0.15, -0.1) is 0 Å². The van der Waals surface area contributed by atoms with E-state index in [-0.39, 0.29) is 11.9 Å². The lowest BCUT2D eigenvalue weighted by atomic mass is 10.0. The molecule has 0 aromatic rings. The molecule has 0 aromatic heterocycles. The van der Waals surface area contributed by atoms with E-state index < -0.39 is 0 Å². The van der Waals surface area contributed by atoms with Gasteiger partial charge < -0.3 is 10.1 Å². The Hall–Kier alpha value is -0.570. The molecule has 15 heavy (non-hydrogen) atoms. The largest absolute Gasteiger partial charge is 0.466 e. The van der Waals surface area contributed by atoms with Crippen molar-refractivity contribution in [3.05, 3.63) is 0 Å². The van der Waals surface area contributed by atoms with Crippen LogP contribution in [-0.2, 0) is 9.53 Å². The van der Waals surface area contributed by atoms with E-state index in [1.165, 1.54) is 19.3 Å². The Labute approximate surface area is 92.6 Å². The third-order valence-electron chi connectivity index (χ3n) is 3.35. The van der Waals surface area contributed by atoms with Crippen LogP contribution in [0, 0.1) is 11.3 Å². The molecule has 0 heterocycles. The molecule has 1 atom stereocenters. The summed E-state index contributed by atoms with van der Waals surface area (Å²) in [6.07, 6.45) is 3.92. The number of hydrogen-bond acceptors (Lipinski definition) is 3. The van der Waals surface area contributed by atoms with Crippen LogP contribution < -0.4 is 5.32 Å². The molecule has 1 aliphatic rings. The van der Waals surface area contributed by atoms with Gasteiger partial charge in [0.25, 0.3) is 0 Å². The molecule has 1 unspecified atom stereocenters.